The molecule has 1 aromatic heterocycles. The summed E-state index contributed by atoms with van der Waals surface area (Å²) in [4.78, 5) is 3.98. The SMILES string of the molecule is CNC(c1cc(Cl)cnc1N)c1cccc(Cl)c1F. The zero-order valence-corrected chi connectivity index (χ0v) is 11.6. The summed E-state index contributed by atoms with van der Waals surface area (Å²) in [5.74, 6) is -0.189. The van der Waals surface area contributed by atoms with E-state index in [-0.39, 0.29) is 5.02 Å². The largest absolute Gasteiger partial charge is 0.383 e. The van der Waals surface area contributed by atoms with Gasteiger partial charge >= 0.3 is 0 Å². The minimum absolute atomic E-state index is 0.0614. The van der Waals surface area contributed by atoms with E-state index in [1.807, 2.05) is 0 Å². The highest BCUT2D eigenvalue weighted by Crippen LogP contribution is 2.31. The maximum absolute atomic E-state index is 14.1. The van der Waals surface area contributed by atoms with E-state index in [2.05, 4.69) is 10.3 Å². The normalized spacial score (nSPS) is 12.4. The first-order valence-corrected chi connectivity index (χ1v) is 6.32. The van der Waals surface area contributed by atoms with Crippen molar-refractivity contribution in [1.82, 2.24) is 10.3 Å². The van der Waals surface area contributed by atoms with Gasteiger partial charge < -0.3 is 11.1 Å². The van der Waals surface area contributed by atoms with E-state index in [1.165, 1.54) is 12.3 Å². The summed E-state index contributed by atoms with van der Waals surface area (Å²) < 4.78 is 14.1. The van der Waals surface area contributed by atoms with Crippen LogP contribution in [-0.2, 0) is 0 Å². The molecule has 3 nitrogen and oxygen atoms in total. The number of hydrogen-bond acceptors (Lipinski definition) is 3. The highest BCUT2D eigenvalue weighted by atomic mass is 35.5. The Hall–Kier alpha value is -1.36. The second-order valence-corrected chi connectivity index (χ2v) is 4.84. The van der Waals surface area contributed by atoms with Gasteiger partial charge in [0.2, 0.25) is 0 Å². The van der Waals surface area contributed by atoms with Gasteiger partial charge in [0.25, 0.3) is 0 Å². The van der Waals surface area contributed by atoms with Gasteiger partial charge in [-0.3, -0.25) is 0 Å². The molecule has 0 aliphatic rings. The molecule has 1 heterocycles. The first kappa shape index (κ1) is 14.1. The van der Waals surface area contributed by atoms with Crippen LogP contribution in [-0.4, -0.2) is 12.0 Å². The molecule has 1 atom stereocenters. The molecule has 0 saturated carbocycles. The number of benzene rings is 1. The van der Waals surface area contributed by atoms with Gasteiger partial charge in [-0.05, 0) is 19.2 Å². The van der Waals surface area contributed by atoms with Crippen LogP contribution in [0.25, 0.3) is 0 Å². The molecule has 0 radical (unpaired) electrons. The van der Waals surface area contributed by atoms with E-state index in [4.69, 9.17) is 28.9 Å². The van der Waals surface area contributed by atoms with Crippen LogP contribution >= 0.6 is 23.2 Å². The van der Waals surface area contributed by atoms with E-state index in [9.17, 15) is 4.39 Å². The van der Waals surface area contributed by atoms with Gasteiger partial charge in [-0.15, -0.1) is 0 Å². The molecule has 0 bridgehead atoms. The van der Waals surface area contributed by atoms with Gasteiger partial charge in [0.1, 0.15) is 11.6 Å². The molecule has 1 unspecified atom stereocenters. The number of pyridine rings is 1. The maximum Gasteiger partial charge on any atom is 0.146 e. The predicted octanol–water partition coefficient (Wildman–Crippen LogP) is 3.42. The molecule has 0 fully saturated rings. The van der Waals surface area contributed by atoms with E-state index >= 15 is 0 Å². The molecular weight excluding hydrogens is 288 g/mol. The summed E-state index contributed by atoms with van der Waals surface area (Å²) in [6, 6.07) is 6.00. The molecule has 2 rings (SSSR count). The second-order valence-electron chi connectivity index (χ2n) is 3.99. The Balaban J connectivity index is 2.56. The van der Waals surface area contributed by atoms with Gasteiger partial charge in [-0.1, -0.05) is 35.3 Å². The number of nitrogen functional groups attached to an aromatic ring is 1. The monoisotopic (exact) mass is 299 g/mol. The lowest BCUT2D eigenvalue weighted by Gasteiger charge is -2.19. The fourth-order valence-electron chi connectivity index (χ4n) is 1.92. The van der Waals surface area contributed by atoms with Crippen molar-refractivity contribution in [3.8, 4) is 0 Å². The van der Waals surface area contributed by atoms with Crippen molar-refractivity contribution in [2.75, 3.05) is 12.8 Å². The van der Waals surface area contributed by atoms with E-state index in [0.717, 1.165) is 0 Å². The zero-order valence-electron chi connectivity index (χ0n) is 10.1. The fraction of sp³-hybridized carbons (Fsp3) is 0.154. The summed E-state index contributed by atoms with van der Waals surface area (Å²) in [5, 5.41) is 3.49. The number of anilines is 1. The molecule has 1 aromatic carbocycles. The zero-order chi connectivity index (χ0) is 14.0. The number of aromatic nitrogens is 1. The fourth-order valence-corrected chi connectivity index (χ4v) is 2.27. The molecule has 19 heavy (non-hydrogen) atoms. The number of nitrogens with one attached hydrogen (secondary N) is 1. The Labute approximate surface area is 120 Å². The molecule has 2 aromatic rings. The van der Waals surface area contributed by atoms with Crippen molar-refractivity contribution in [3.63, 3.8) is 0 Å². The summed E-state index contributed by atoms with van der Waals surface area (Å²) in [6.45, 7) is 0. The topological polar surface area (TPSA) is 50.9 Å². The summed E-state index contributed by atoms with van der Waals surface area (Å²) in [5.41, 5.74) is 6.83. The van der Waals surface area contributed by atoms with Crippen molar-refractivity contribution in [2.45, 2.75) is 6.04 Å². The molecule has 0 saturated heterocycles. The average Bonchev–Trinajstić information content (AvgIpc) is 2.39. The molecule has 100 valence electrons. The number of hydrogen-bond donors (Lipinski definition) is 2. The standard InChI is InChI=1S/C13H12Cl2FN3/c1-18-12(8-3-2-4-10(15)11(8)16)9-5-7(14)6-19-13(9)17/h2-6,12,18H,1H3,(H2,17,19). The third kappa shape index (κ3) is 2.81. The Kier molecular flexibility index (Phi) is 4.24. The van der Waals surface area contributed by atoms with Gasteiger partial charge in [-0.2, -0.15) is 0 Å². The van der Waals surface area contributed by atoms with Gasteiger partial charge in [0, 0.05) is 17.3 Å². The van der Waals surface area contributed by atoms with Crippen LogP contribution < -0.4 is 11.1 Å². The molecule has 6 heteroatoms. The number of nitrogens with zero attached hydrogens (tertiary/aromatic N) is 1. The second kappa shape index (κ2) is 5.74. The van der Waals surface area contributed by atoms with E-state index in [1.54, 1.807) is 25.2 Å². The molecular formula is C13H12Cl2FN3. The lowest BCUT2D eigenvalue weighted by Crippen LogP contribution is -2.20. The van der Waals surface area contributed by atoms with Crippen LogP contribution in [0.2, 0.25) is 10.0 Å². The Morgan fingerprint density at radius 2 is 2.05 bits per heavy atom. The number of nitrogens with two attached hydrogens (primary N) is 1. The maximum atomic E-state index is 14.1. The van der Waals surface area contributed by atoms with Gasteiger partial charge in [0.05, 0.1) is 16.1 Å². The Bertz CT molecular complexity index is 602. The predicted molar refractivity (Wildman–Crippen MR) is 76.0 cm³/mol. The van der Waals surface area contributed by atoms with E-state index < -0.39 is 11.9 Å². The quantitative estimate of drug-likeness (QED) is 0.913. The molecule has 0 amide bonds. The average molecular weight is 300 g/mol. The molecule has 0 aliphatic heterocycles. The highest BCUT2D eigenvalue weighted by molar-refractivity contribution is 6.31. The van der Waals surface area contributed by atoms with Crippen LogP contribution in [0, 0.1) is 5.82 Å². The minimum atomic E-state index is -0.483. The first-order chi connectivity index (χ1) is 9.04. The molecule has 0 spiro atoms. The van der Waals surface area contributed by atoms with Crippen LogP contribution in [0.4, 0.5) is 10.2 Å². The van der Waals surface area contributed by atoms with Crippen LogP contribution in [0.1, 0.15) is 17.2 Å². The number of halogens is 3. The molecule has 3 N–H and O–H groups in total. The highest BCUT2D eigenvalue weighted by Gasteiger charge is 2.20. The van der Waals surface area contributed by atoms with Crippen molar-refractivity contribution < 1.29 is 4.39 Å². The van der Waals surface area contributed by atoms with Crippen molar-refractivity contribution in [2.24, 2.45) is 0 Å². The third-order valence-electron chi connectivity index (χ3n) is 2.81. The third-order valence-corrected chi connectivity index (χ3v) is 3.31. The Morgan fingerprint density at radius 1 is 1.32 bits per heavy atom. The van der Waals surface area contributed by atoms with E-state index in [0.29, 0.717) is 22.0 Å². The Morgan fingerprint density at radius 3 is 2.74 bits per heavy atom. The summed E-state index contributed by atoms with van der Waals surface area (Å²) in [7, 11) is 1.70. The van der Waals surface area contributed by atoms with Crippen molar-refractivity contribution in [1.29, 1.82) is 0 Å². The van der Waals surface area contributed by atoms with Crippen LogP contribution in [0.15, 0.2) is 30.5 Å². The van der Waals surface area contributed by atoms with Crippen molar-refractivity contribution in [3.05, 3.63) is 57.5 Å². The van der Waals surface area contributed by atoms with Crippen molar-refractivity contribution >= 4 is 29.0 Å². The lowest BCUT2D eigenvalue weighted by molar-refractivity contribution is 0.576. The van der Waals surface area contributed by atoms with Gasteiger partial charge in [-0.25, -0.2) is 9.37 Å². The molecule has 0 aliphatic carbocycles. The van der Waals surface area contributed by atoms with Crippen LogP contribution in [0.3, 0.4) is 0 Å². The smallest absolute Gasteiger partial charge is 0.146 e. The first-order valence-electron chi connectivity index (χ1n) is 5.56. The minimum Gasteiger partial charge on any atom is -0.383 e. The lowest BCUT2D eigenvalue weighted by atomic mass is 9.99. The van der Waals surface area contributed by atoms with Crippen LogP contribution in [0.5, 0.6) is 0 Å². The summed E-state index contributed by atoms with van der Waals surface area (Å²) >= 11 is 11.7. The number of rotatable bonds is 3. The summed E-state index contributed by atoms with van der Waals surface area (Å²) in [6.07, 6.45) is 1.45. The van der Waals surface area contributed by atoms with Gasteiger partial charge in [0.15, 0.2) is 0 Å².